The number of aliphatic hydroxyl groups excluding tert-OH is 1. The second-order valence-corrected chi connectivity index (χ2v) is 3.58. The Kier molecular flexibility index (Phi) is 9.87. The average molecular weight is 188 g/mol. The lowest BCUT2D eigenvalue weighted by atomic mass is 10.1. The second kappa shape index (κ2) is 9.96. The van der Waals surface area contributed by atoms with Crippen molar-refractivity contribution in [2.24, 2.45) is 11.5 Å². The van der Waals surface area contributed by atoms with E-state index >= 15 is 0 Å². The SMILES string of the molecule is NCCCCCC(O)CCCCN. The second-order valence-electron chi connectivity index (χ2n) is 3.58. The summed E-state index contributed by atoms with van der Waals surface area (Å²) in [6.07, 6.45) is 7.10. The Morgan fingerprint density at radius 1 is 0.769 bits per heavy atom. The van der Waals surface area contributed by atoms with Gasteiger partial charge in [0.2, 0.25) is 0 Å². The lowest BCUT2D eigenvalue weighted by Gasteiger charge is -2.09. The molecule has 0 amide bonds. The molecule has 3 heteroatoms. The summed E-state index contributed by atoms with van der Waals surface area (Å²) in [7, 11) is 0. The summed E-state index contributed by atoms with van der Waals surface area (Å²) in [4.78, 5) is 0. The standard InChI is InChI=1S/C10H24N2O/c11-8-4-1-2-6-10(13)7-3-5-9-12/h10,13H,1-9,11-12H2. The van der Waals surface area contributed by atoms with Crippen LogP contribution in [-0.4, -0.2) is 24.3 Å². The van der Waals surface area contributed by atoms with Crippen LogP contribution in [-0.2, 0) is 0 Å². The van der Waals surface area contributed by atoms with Crippen LogP contribution in [0.4, 0.5) is 0 Å². The molecule has 0 rings (SSSR count). The Hall–Kier alpha value is -0.120. The molecule has 5 N–H and O–H groups in total. The van der Waals surface area contributed by atoms with Crippen molar-refractivity contribution in [3.05, 3.63) is 0 Å². The number of hydrogen-bond donors (Lipinski definition) is 3. The molecule has 3 nitrogen and oxygen atoms in total. The summed E-state index contributed by atoms with van der Waals surface area (Å²) in [5, 5.41) is 9.50. The zero-order valence-electron chi connectivity index (χ0n) is 8.54. The van der Waals surface area contributed by atoms with Gasteiger partial charge in [-0.3, -0.25) is 0 Å². The van der Waals surface area contributed by atoms with Crippen molar-refractivity contribution in [1.82, 2.24) is 0 Å². The normalized spacial score (nSPS) is 13.2. The first-order valence-corrected chi connectivity index (χ1v) is 5.39. The molecular weight excluding hydrogens is 164 g/mol. The summed E-state index contributed by atoms with van der Waals surface area (Å²) in [6, 6.07) is 0. The van der Waals surface area contributed by atoms with E-state index in [9.17, 15) is 5.11 Å². The van der Waals surface area contributed by atoms with Gasteiger partial charge >= 0.3 is 0 Å². The summed E-state index contributed by atoms with van der Waals surface area (Å²) in [5.41, 5.74) is 10.7. The molecule has 0 fully saturated rings. The molecule has 0 heterocycles. The highest BCUT2D eigenvalue weighted by atomic mass is 16.3. The van der Waals surface area contributed by atoms with Gasteiger partial charge in [-0.25, -0.2) is 0 Å². The van der Waals surface area contributed by atoms with Crippen molar-refractivity contribution in [3.8, 4) is 0 Å². The monoisotopic (exact) mass is 188 g/mol. The van der Waals surface area contributed by atoms with Gasteiger partial charge in [0.05, 0.1) is 6.10 Å². The van der Waals surface area contributed by atoms with Crippen molar-refractivity contribution in [2.75, 3.05) is 13.1 Å². The molecule has 0 radical (unpaired) electrons. The minimum Gasteiger partial charge on any atom is -0.393 e. The third kappa shape index (κ3) is 9.80. The summed E-state index contributed by atoms with van der Waals surface area (Å²) >= 11 is 0. The van der Waals surface area contributed by atoms with Crippen LogP contribution in [0.15, 0.2) is 0 Å². The van der Waals surface area contributed by atoms with Crippen LogP contribution in [0.5, 0.6) is 0 Å². The molecule has 1 unspecified atom stereocenters. The smallest absolute Gasteiger partial charge is 0.0540 e. The fourth-order valence-corrected chi connectivity index (χ4v) is 1.37. The van der Waals surface area contributed by atoms with Crippen LogP contribution in [0.25, 0.3) is 0 Å². The van der Waals surface area contributed by atoms with Gasteiger partial charge < -0.3 is 16.6 Å². The molecule has 0 aliphatic heterocycles. The molecule has 0 aliphatic rings. The lowest BCUT2D eigenvalue weighted by Crippen LogP contribution is -2.08. The zero-order chi connectivity index (χ0) is 9.94. The summed E-state index contributed by atoms with van der Waals surface area (Å²) in [5.74, 6) is 0. The van der Waals surface area contributed by atoms with Gasteiger partial charge in [0.1, 0.15) is 0 Å². The van der Waals surface area contributed by atoms with Gasteiger partial charge in [-0.05, 0) is 45.2 Å². The Morgan fingerprint density at radius 2 is 1.23 bits per heavy atom. The van der Waals surface area contributed by atoms with E-state index in [1.165, 1.54) is 0 Å². The number of aliphatic hydroxyl groups is 1. The predicted octanol–water partition coefficient (Wildman–Crippen LogP) is 0.995. The van der Waals surface area contributed by atoms with Crippen LogP contribution in [0.2, 0.25) is 0 Å². The fraction of sp³-hybridized carbons (Fsp3) is 1.00. The molecule has 0 aromatic heterocycles. The Balaban J connectivity index is 3.05. The van der Waals surface area contributed by atoms with E-state index in [-0.39, 0.29) is 6.10 Å². The first kappa shape index (κ1) is 12.9. The molecule has 0 aromatic carbocycles. The molecule has 0 bridgehead atoms. The summed E-state index contributed by atoms with van der Waals surface area (Å²) in [6.45, 7) is 1.50. The van der Waals surface area contributed by atoms with Crippen molar-refractivity contribution in [3.63, 3.8) is 0 Å². The van der Waals surface area contributed by atoms with E-state index in [1.807, 2.05) is 0 Å². The number of hydrogen-bond acceptors (Lipinski definition) is 3. The Morgan fingerprint density at radius 3 is 1.77 bits per heavy atom. The van der Waals surface area contributed by atoms with Crippen LogP contribution >= 0.6 is 0 Å². The molecule has 0 spiro atoms. The van der Waals surface area contributed by atoms with Crippen LogP contribution in [0, 0.1) is 0 Å². The molecule has 0 saturated carbocycles. The van der Waals surface area contributed by atoms with Crippen molar-refractivity contribution in [1.29, 1.82) is 0 Å². The van der Waals surface area contributed by atoms with Gasteiger partial charge in [0.15, 0.2) is 0 Å². The van der Waals surface area contributed by atoms with E-state index in [1.54, 1.807) is 0 Å². The van der Waals surface area contributed by atoms with Gasteiger partial charge in [-0.15, -0.1) is 0 Å². The van der Waals surface area contributed by atoms with Gasteiger partial charge in [-0.2, -0.15) is 0 Å². The van der Waals surface area contributed by atoms with E-state index in [4.69, 9.17) is 11.5 Å². The van der Waals surface area contributed by atoms with Gasteiger partial charge in [0, 0.05) is 0 Å². The summed E-state index contributed by atoms with van der Waals surface area (Å²) < 4.78 is 0. The quantitative estimate of drug-likeness (QED) is 0.473. The first-order chi connectivity index (χ1) is 6.31. The van der Waals surface area contributed by atoms with E-state index in [0.717, 1.165) is 58.0 Å². The molecular formula is C10H24N2O. The Bertz CT molecular complexity index is 98.9. The average Bonchev–Trinajstić information content (AvgIpc) is 2.13. The molecule has 0 saturated heterocycles. The lowest BCUT2D eigenvalue weighted by molar-refractivity contribution is 0.148. The molecule has 80 valence electrons. The molecule has 0 aliphatic carbocycles. The largest absolute Gasteiger partial charge is 0.393 e. The minimum absolute atomic E-state index is 0.121. The highest BCUT2D eigenvalue weighted by molar-refractivity contribution is 4.57. The molecule has 13 heavy (non-hydrogen) atoms. The minimum atomic E-state index is -0.121. The van der Waals surface area contributed by atoms with Crippen LogP contribution < -0.4 is 11.5 Å². The van der Waals surface area contributed by atoms with Crippen molar-refractivity contribution in [2.45, 2.75) is 51.0 Å². The maximum absolute atomic E-state index is 9.50. The maximum Gasteiger partial charge on any atom is 0.0540 e. The molecule has 0 aromatic rings. The molecule has 1 atom stereocenters. The van der Waals surface area contributed by atoms with E-state index in [0.29, 0.717) is 0 Å². The number of nitrogens with two attached hydrogens (primary N) is 2. The van der Waals surface area contributed by atoms with Gasteiger partial charge in [0.25, 0.3) is 0 Å². The third-order valence-corrected chi connectivity index (χ3v) is 2.23. The number of rotatable bonds is 9. The highest BCUT2D eigenvalue weighted by Gasteiger charge is 2.02. The highest BCUT2D eigenvalue weighted by Crippen LogP contribution is 2.08. The number of unbranched alkanes of at least 4 members (excludes halogenated alkanes) is 3. The zero-order valence-corrected chi connectivity index (χ0v) is 8.54. The van der Waals surface area contributed by atoms with E-state index in [2.05, 4.69) is 0 Å². The Labute approximate surface area is 81.5 Å². The van der Waals surface area contributed by atoms with Crippen LogP contribution in [0.1, 0.15) is 44.9 Å². The van der Waals surface area contributed by atoms with Crippen molar-refractivity contribution >= 4 is 0 Å². The van der Waals surface area contributed by atoms with Gasteiger partial charge in [-0.1, -0.05) is 12.8 Å². The van der Waals surface area contributed by atoms with E-state index < -0.39 is 0 Å². The third-order valence-electron chi connectivity index (χ3n) is 2.23. The van der Waals surface area contributed by atoms with Crippen LogP contribution in [0.3, 0.4) is 0 Å². The predicted molar refractivity (Wildman–Crippen MR) is 56.4 cm³/mol. The fourth-order valence-electron chi connectivity index (χ4n) is 1.37. The van der Waals surface area contributed by atoms with Crippen molar-refractivity contribution < 1.29 is 5.11 Å². The first-order valence-electron chi connectivity index (χ1n) is 5.39. The maximum atomic E-state index is 9.50. The topological polar surface area (TPSA) is 72.3 Å².